The molecule has 4 atom stereocenters. The maximum atomic E-state index is 14.7. The Morgan fingerprint density at radius 2 is 1.62 bits per heavy atom. The van der Waals surface area contributed by atoms with E-state index in [-0.39, 0.29) is 17.4 Å². The van der Waals surface area contributed by atoms with Crippen molar-refractivity contribution in [2.24, 2.45) is 5.92 Å². The van der Waals surface area contributed by atoms with Gasteiger partial charge in [-0.3, -0.25) is 24.2 Å². The van der Waals surface area contributed by atoms with Gasteiger partial charge in [0, 0.05) is 30.1 Å². The Hall–Kier alpha value is -5.37. The first kappa shape index (κ1) is 25.6. The van der Waals surface area contributed by atoms with Gasteiger partial charge in [0.15, 0.2) is 11.6 Å². The number of nitrogens with one attached hydrogen (secondary N) is 1. The van der Waals surface area contributed by atoms with Crippen LogP contribution in [0.2, 0.25) is 0 Å². The molecule has 1 saturated heterocycles. The number of ketones is 2. The fraction of sp³-hybridized carbons (Fsp3) is 0.147. The van der Waals surface area contributed by atoms with Crippen molar-refractivity contribution in [2.45, 2.75) is 24.4 Å². The second-order valence-corrected chi connectivity index (χ2v) is 10.6. The van der Waals surface area contributed by atoms with Crippen LogP contribution in [-0.2, 0) is 15.0 Å². The number of fused-ring (bicyclic) bond motifs is 6. The normalized spacial score (nSPS) is 23.1. The highest BCUT2D eigenvalue weighted by Gasteiger charge is 2.70. The number of ether oxygens (including phenoxy) is 1. The highest BCUT2D eigenvalue weighted by molar-refractivity contribution is 6.18. The fourth-order valence-electron chi connectivity index (χ4n) is 6.81. The number of benzene rings is 3. The molecule has 0 bridgehead atoms. The van der Waals surface area contributed by atoms with E-state index in [4.69, 9.17) is 4.74 Å². The molecule has 4 heterocycles. The number of rotatable bonds is 5. The van der Waals surface area contributed by atoms with Crippen molar-refractivity contribution in [2.75, 3.05) is 10.2 Å². The Bertz CT molecular complexity index is 1800. The van der Waals surface area contributed by atoms with Gasteiger partial charge in [-0.05, 0) is 59.7 Å². The topological polar surface area (TPSA) is 106 Å². The molecule has 42 heavy (non-hydrogen) atoms. The molecule has 1 fully saturated rings. The second kappa shape index (κ2) is 9.62. The van der Waals surface area contributed by atoms with E-state index < -0.39 is 35.2 Å². The Labute approximate surface area is 241 Å². The van der Waals surface area contributed by atoms with Crippen molar-refractivity contribution >= 4 is 40.9 Å². The van der Waals surface area contributed by atoms with Crippen molar-refractivity contribution < 1.29 is 23.9 Å². The molecular formula is C34H25N3O5. The third-order valence-corrected chi connectivity index (χ3v) is 8.41. The summed E-state index contributed by atoms with van der Waals surface area (Å²) in [6, 6.07) is 24.6. The third kappa shape index (κ3) is 3.65. The summed E-state index contributed by atoms with van der Waals surface area (Å²) in [6.07, 6.45) is 5.42. The summed E-state index contributed by atoms with van der Waals surface area (Å²) < 4.78 is 5.17. The number of pyridine rings is 1. The summed E-state index contributed by atoms with van der Waals surface area (Å²) in [4.78, 5) is 61.4. The molecule has 0 unspecified atom stereocenters. The van der Waals surface area contributed by atoms with Crippen LogP contribution in [0, 0.1) is 5.92 Å². The summed E-state index contributed by atoms with van der Waals surface area (Å²) >= 11 is 0. The first-order chi connectivity index (χ1) is 20.4. The van der Waals surface area contributed by atoms with E-state index in [1.54, 1.807) is 42.5 Å². The van der Waals surface area contributed by atoms with E-state index in [9.17, 15) is 19.2 Å². The molecule has 8 nitrogen and oxygen atoms in total. The number of para-hydroxylation sites is 2. The minimum atomic E-state index is -1.41. The molecule has 3 aliphatic heterocycles. The largest absolute Gasteiger partial charge is 0.427 e. The second-order valence-electron chi connectivity index (χ2n) is 10.6. The molecule has 3 aromatic carbocycles. The molecule has 0 radical (unpaired) electrons. The minimum Gasteiger partial charge on any atom is -0.427 e. The predicted octanol–water partition coefficient (Wildman–Crippen LogP) is 4.86. The van der Waals surface area contributed by atoms with E-state index in [0.717, 1.165) is 11.3 Å². The monoisotopic (exact) mass is 555 g/mol. The lowest BCUT2D eigenvalue weighted by atomic mass is 9.64. The predicted molar refractivity (Wildman–Crippen MR) is 156 cm³/mol. The van der Waals surface area contributed by atoms with Crippen LogP contribution in [0.25, 0.3) is 6.08 Å². The lowest BCUT2D eigenvalue weighted by Gasteiger charge is -2.37. The first-order valence-electron chi connectivity index (χ1n) is 13.7. The summed E-state index contributed by atoms with van der Waals surface area (Å²) in [6.45, 7) is 1.30. The van der Waals surface area contributed by atoms with Crippen LogP contribution in [-0.4, -0.2) is 40.5 Å². The van der Waals surface area contributed by atoms with Crippen molar-refractivity contribution in [3.8, 4) is 5.75 Å². The molecule has 1 amide bonds. The minimum absolute atomic E-state index is 0.180. The molecule has 0 aliphatic carbocycles. The number of carbonyl (C=O) groups is 4. The van der Waals surface area contributed by atoms with Gasteiger partial charge in [0.25, 0.3) is 0 Å². The van der Waals surface area contributed by atoms with E-state index in [0.29, 0.717) is 22.6 Å². The smallest absolute Gasteiger partial charge is 0.308 e. The Kier molecular flexibility index (Phi) is 5.86. The highest BCUT2D eigenvalue weighted by Crippen LogP contribution is 2.58. The average Bonchev–Trinajstić information content (AvgIpc) is 3.49. The number of carbonyl (C=O) groups excluding carboxylic acids is 4. The van der Waals surface area contributed by atoms with E-state index >= 15 is 0 Å². The van der Waals surface area contributed by atoms with Gasteiger partial charge in [0.05, 0.1) is 12.0 Å². The first-order valence-corrected chi connectivity index (χ1v) is 13.7. The number of hydrogen-bond acceptors (Lipinski definition) is 7. The van der Waals surface area contributed by atoms with Crippen LogP contribution < -0.4 is 15.0 Å². The molecule has 0 saturated carbocycles. The van der Waals surface area contributed by atoms with Gasteiger partial charge in [0.1, 0.15) is 22.9 Å². The van der Waals surface area contributed by atoms with Gasteiger partial charge < -0.3 is 15.0 Å². The fourth-order valence-corrected chi connectivity index (χ4v) is 6.81. The van der Waals surface area contributed by atoms with Crippen molar-refractivity contribution in [1.29, 1.82) is 0 Å². The van der Waals surface area contributed by atoms with Gasteiger partial charge in [-0.25, -0.2) is 0 Å². The van der Waals surface area contributed by atoms with E-state index in [1.165, 1.54) is 13.1 Å². The lowest BCUT2D eigenvalue weighted by molar-refractivity contribution is -0.131. The molecular weight excluding hydrogens is 530 g/mol. The van der Waals surface area contributed by atoms with Crippen LogP contribution in [0.5, 0.6) is 5.75 Å². The molecule has 1 spiro atoms. The molecule has 1 N–H and O–H groups in total. The molecule has 7 rings (SSSR count). The van der Waals surface area contributed by atoms with Crippen LogP contribution in [0.15, 0.2) is 103 Å². The maximum absolute atomic E-state index is 14.7. The van der Waals surface area contributed by atoms with Gasteiger partial charge >= 0.3 is 5.97 Å². The summed E-state index contributed by atoms with van der Waals surface area (Å²) in [5.74, 6) is -2.34. The van der Waals surface area contributed by atoms with Crippen molar-refractivity contribution in [3.63, 3.8) is 0 Å². The van der Waals surface area contributed by atoms with E-state index in [1.807, 2.05) is 65.6 Å². The molecule has 8 heteroatoms. The quantitative estimate of drug-likeness (QED) is 0.213. The Balaban J connectivity index is 1.48. The third-order valence-electron chi connectivity index (χ3n) is 8.41. The summed E-state index contributed by atoms with van der Waals surface area (Å²) in [7, 11) is 0. The molecule has 1 aromatic heterocycles. The number of amides is 1. The van der Waals surface area contributed by atoms with Gasteiger partial charge in [-0.2, -0.15) is 0 Å². The molecule has 3 aliphatic rings. The van der Waals surface area contributed by atoms with Gasteiger partial charge in [-0.15, -0.1) is 0 Å². The number of Topliss-reactive ketones (excluding diaryl/α,β-unsaturated/α-hetero) is 2. The van der Waals surface area contributed by atoms with Crippen LogP contribution in [0.4, 0.5) is 11.4 Å². The number of esters is 1. The Morgan fingerprint density at radius 1 is 0.881 bits per heavy atom. The summed E-state index contributed by atoms with van der Waals surface area (Å²) in [5, 5.41) is 3.02. The number of hydrogen-bond donors (Lipinski definition) is 1. The SMILES string of the molecule is CC(=O)Oc1ccc(C(=O)[C@@H]2[C@@H](C(=O)c3ccccn3)[C@]3(C(=O)Nc4ccccc43)[C@H]3C=Cc4ccccc4N23)cc1. The average molecular weight is 556 g/mol. The number of nitrogens with zero attached hydrogens (tertiary/aromatic N) is 2. The highest BCUT2D eigenvalue weighted by atomic mass is 16.5. The van der Waals surface area contributed by atoms with E-state index in [2.05, 4.69) is 10.3 Å². The lowest BCUT2D eigenvalue weighted by Crippen LogP contribution is -2.51. The van der Waals surface area contributed by atoms with Crippen molar-refractivity contribution in [1.82, 2.24) is 4.98 Å². The number of anilines is 2. The zero-order valence-electron chi connectivity index (χ0n) is 22.6. The molecule has 4 aromatic rings. The summed E-state index contributed by atoms with van der Waals surface area (Å²) in [5.41, 5.74) is 2.02. The zero-order valence-corrected chi connectivity index (χ0v) is 22.6. The van der Waals surface area contributed by atoms with Gasteiger partial charge in [-0.1, -0.05) is 54.6 Å². The van der Waals surface area contributed by atoms with Crippen LogP contribution in [0.1, 0.15) is 38.9 Å². The van der Waals surface area contributed by atoms with Crippen LogP contribution in [0.3, 0.4) is 0 Å². The Morgan fingerprint density at radius 3 is 2.38 bits per heavy atom. The molecule has 206 valence electrons. The van der Waals surface area contributed by atoms with Gasteiger partial charge in [0.2, 0.25) is 5.91 Å². The maximum Gasteiger partial charge on any atom is 0.308 e. The standard InChI is InChI=1S/C34H25N3O5/c1-20(38)42-23-16-13-22(14-17-23)31(39)30-29(32(40)26-11-6-7-19-35-26)34(24-9-3-4-10-25(24)36-33(34)41)28-18-15-21-8-2-5-12-27(21)37(28)30/h2-19,28-30H,1H3,(H,36,41)/t28-,29+,30+,34-/m1/s1. The van der Waals surface area contributed by atoms with Crippen LogP contribution >= 0.6 is 0 Å². The number of aromatic nitrogens is 1. The zero-order chi connectivity index (χ0) is 29.0. The van der Waals surface area contributed by atoms with Crippen molar-refractivity contribution in [3.05, 3.63) is 126 Å².